The molecule has 0 bridgehead atoms. The molecule has 7 nitrogen and oxygen atoms in total. The van der Waals surface area contributed by atoms with Crippen molar-refractivity contribution in [2.45, 2.75) is 33.4 Å². The van der Waals surface area contributed by atoms with Gasteiger partial charge in [0.1, 0.15) is 28.9 Å². The van der Waals surface area contributed by atoms with Gasteiger partial charge in [-0.15, -0.1) is 0 Å². The minimum absolute atomic E-state index is 0.322. The van der Waals surface area contributed by atoms with E-state index < -0.39 is 5.66 Å². The SMILES string of the molecule is CCOc1cc2c(C#N)c(OCC)nc3c2c(n1)NC(C)(C)N3. The highest BCUT2D eigenvalue weighted by molar-refractivity contribution is 6.06. The first-order chi connectivity index (χ1) is 11.0. The molecule has 2 aromatic heterocycles. The number of hydrogen-bond donors (Lipinski definition) is 2. The maximum Gasteiger partial charge on any atom is 0.234 e. The van der Waals surface area contributed by atoms with Crippen LogP contribution in [-0.2, 0) is 0 Å². The molecule has 7 heteroatoms. The van der Waals surface area contributed by atoms with Crippen molar-refractivity contribution < 1.29 is 9.47 Å². The molecule has 2 aromatic rings. The zero-order chi connectivity index (χ0) is 16.6. The third kappa shape index (κ3) is 2.57. The van der Waals surface area contributed by atoms with Crippen molar-refractivity contribution >= 4 is 22.4 Å². The maximum atomic E-state index is 9.57. The molecule has 0 unspecified atom stereocenters. The molecule has 0 fully saturated rings. The lowest BCUT2D eigenvalue weighted by Gasteiger charge is -2.34. The van der Waals surface area contributed by atoms with E-state index in [-0.39, 0.29) is 0 Å². The van der Waals surface area contributed by atoms with Crippen LogP contribution in [0, 0.1) is 11.3 Å². The average molecular weight is 313 g/mol. The molecule has 0 aliphatic carbocycles. The fourth-order valence-electron chi connectivity index (χ4n) is 2.66. The summed E-state index contributed by atoms with van der Waals surface area (Å²) in [4.78, 5) is 8.99. The van der Waals surface area contributed by atoms with Crippen LogP contribution >= 0.6 is 0 Å². The van der Waals surface area contributed by atoms with Crippen molar-refractivity contribution in [2.75, 3.05) is 23.8 Å². The Balaban J connectivity index is 2.35. The Bertz CT molecular complexity index is 796. The molecule has 0 saturated heterocycles. The molecule has 3 rings (SSSR count). The summed E-state index contributed by atoms with van der Waals surface area (Å²) in [6.07, 6.45) is 0. The summed E-state index contributed by atoms with van der Waals surface area (Å²) >= 11 is 0. The second-order valence-corrected chi connectivity index (χ2v) is 5.73. The lowest BCUT2D eigenvalue weighted by atomic mass is 10.0. The molecule has 3 heterocycles. The van der Waals surface area contributed by atoms with Crippen LogP contribution in [0.15, 0.2) is 6.07 Å². The first-order valence-corrected chi connectivity index (χ1v) is 7.60. The van der Waals surface area contributed by atoms with E-state index in [0.29, 0.717) is 47.6 Å². The van der Waals surface area contributed by atoms with Crippen molar-refractivity contribution in [1.29, 1.82) is 5.26 Å². The molecule has 0 atom stereocenters. The van der Waals surface area contributed by atoms with Gasteiger partial charge in [0.2, 0.25) is 11.8 Å². The number of anilines is 2. The fourth-order valence-corrected chi connectivity index (χ4v) is 2.66. The van der Waals surface area contributed by atoms with E-state index >= 15 is 0 Å². The second-order valence-electron chi connectivity index (χ2n) is 5.73. The van der Waals surface area contributed by atoms with Crippen molar-refractivity contribution in [3.8, 4) is 17.8 Å². The summed E-state index contributed by atoms with van der Waals surface area (Å²) in [5.41, 5.74) is -0.0407. The Morgan fingerprint density at radius 2 is 1.78 bits per heavy atom. The van der Waals surface area contributed by atoms with E-state index in [1.165, 1.54) is 0 Å². The standard InChI is InChI=1S/C16H19N5O2/c1-5-22-11-7-9-10(8-17)15(23-6-2)19-14-12(9)13(18-11)20-16(3,4)21-14/h7H,5-6H2,1-4H3,(H,18,20)(H,19,21). The number of rotatable bonds is 4. The molecular weight excluding hydrogens is 294 g/mol. The normalized spacial score (nSPS) is 14.6. The Labute approximate surface area is 134 Å². The number of ether oxygens (including phenoxy) is 2. The summed E-state index contributed by atoms with van der Waals surface area (Å²) in [7, 11) is 0. The van der Waals surface area contributed by atoms with Gasteiger partial charge in [-0.25, -0.2) is 0 Å². The van der Waals surface area contributed by atoms with E-state index in [0.717, 1.165) is 5.39 Å². The Morgan fingerprint density at radius 3 is 2.39 bits per heavy atom. The first kappa shape index (κ1) is 15.2. The Kier molecular flexibility index (Phi) is 3.60. The van der Waals surface area contributed by atoms with Crippen LogP contribution < -0.4 is 20.1 Å². The van der Waals surface area contributed by atoms with E-state index in [4.69, 9.17) is 9.47 Å². The number of nitrogens with one attached hydrogen (secondary N) is 2. The van der Waals surface area contributed by atoms with Crippen molar-refractivity contribution in [3.63, 3.8) is 0 Å². The summed E-state index contributed by atoms with van der Waals surface area (Å²) in [5, 5.41) is 17.7. The van der Waals surface area contributed by atoms with Gasteiger partial charge in [-0.05, 0) is 27.7 Å². The van der Waals surface area contributed by atoms with Gasteiger partial charge in [0.25, 0.3) is 0 Å². The molecule has 23 heavy (non-hydrogen) atoms. The molecule has 0 spiro atoms. The Hall–Kier alpha value is -2.75. The van der Waals surface area contributed by atoms with Crippen LogP contribution in [0.3, 0.4) is 0 Å². The average Bonchev–Trinajstić information content (AvgIpc) is 2.46. The zero-order valence-electron chi connectivity index (χ0n) is 13.6. The molecule has 2 N–H and O–H groups in total. The van der Waals surface area contributed by atoms with Crippen LogP contribution in [0.4, 0.5) is 11.6 Å². The van der Waals surface area contributed by atoms with E-state index in [9.17, 15) is 5.26 Å². The molecule has 0 amide bonds. The Morgan fingerprint density at radius 1 is 1.13 bits per heavy atom. The molecule has 0 radical (unpaired) electrons. The predicted molar refractivity (Wildman–Crippen MR) is 87.9 cm³/mol. The van der Waals surface area contributed by atoms with Gasteiger partial charge < -0.3 is 20.1 Å². The lowest BCUT2D eigenvalue weighted by Crippen LogP contribution is -2.42. The number of hydrogen-bond acceptors (Lipinski definition) is 7. The van der Waals surface area contributed by atoms with Gasteiger partial charge >= 0.3 is 0 Å². The fraction of sp³-hybridized carbons (Fsp3) is 0.438. The van der Waals surface area contributed by atoms with Crippen molar-refractivity contribution in [1.82, 2.24) is 9.97 Å². The molecular formula is C16H19N5O2. The maximum absolute atomic E-state index is 9.57. The van der Waals surface area contributed by atoms with Gasteiger partial charge in [-0.1, -0.05) is 0 Å². The van der Waals surface area contributed by atoms with Crippen LogP contribution in [-0.4, -0.2) is 28.8 Å². The van der Waals surface area contributed by atoms with E-state index in [1.54, 1.807) is 6.07 Å². The zero-order valence-corrected chi connectivity index (χ0v) is 13.6. The third-order valence-corrected chi connectivity index (χ3v) is 3.48. The largest absolute Gasteiger partial charge is 0.478 e. The number of nitriles is 1. The smallest absolute Gasteiger partial charge is 0.234 e. The van der Waals surface area contributed by atoms with Crippen LogP contribution in [0.5, 0.6) is 11.8 Å². The van der Waals surface area contributed by atoms with Crippen molar-refractivity contribution in [2.24, 2.45) is 0 Å². The van der Waals surface area contributed by atoms with Crippen LogP contribution in [0.1, 0.15) is 33.3 Å². The highest BCUT2D eigenvalue weighted by atomic mass is 16.5. The topological polar surface area (TPSA) is 92.1 Å². The molecule has 1 aliphatic rings. The third-order valence-electron chi connectivity index (χ3n) is 3.48. The number of nitrogens with zero attached hydrogens (tertiary/aromatic N) is 3. The van der Waals surface area contributed by atoms with Gasteiger partial charge in [0.15, 0.2) is 0 Å². The molecule has 0 aromatic carbocycles. The summed E-state index contributed by atoms with van der Waals surface area (Å²) in [6.45, 7) is 8.66. The lowest BCUT2D eigenvalue weighted by molar-refractivity contribution is 0.325. The van der Waals surface area contributed by atoms with E-state index in [2.05, 4.69) is 26.7 Å². The first-order valence-electron chi connectivity index (χ1n) is 7.60. The van der Waals surface area contributed by atoms with Crippen LogP contribution in [0.2, 0.25) is 0 Å². The predicted octanol–water partition coefficient (Wildman–Crippen LogP) is 2.87. The number of pyridine rings is 2. The summed E-state index contributed by atoms with van der Waals surface area (Å²) in [6, 6.07) is 3.95. The second kappa shape index (κ2) is 5.47. The quantitative estimate of drug-likeness (QED) is 0.896. The highest BCUT2D eigenvalue weighted by Crippen LogP contribution is 2.41. The molecule has 120 valence electrons. The highest BCUT2D eigenvalue weighted by Gasteiger charge is 2.30. The van der Waals surface area contributed by atoms with Crippen LogP contribution in [0.25, 0.3) is 10.8 Å². The van der Waals surface area contributed by atoms with Gasteiger partial charge in [0, 0.05) is 11.5 Å². The molecule has 0 saturated carbocycles. The minimum atomic E-state index is -0.428. The summed E-state index contributed by atoms with van der Waals surface area (Å²) in [5.74, 6) is 2.09. The van der Waals surface area contributed by atoms with Gasteiger partial charge in [0.05, 0.1) is 18.6 Å². The van der Waals surface area contributed by atoms with Gasteiger partial charge in [-0.3, -0.25) is 0 Å². The molecule has 1 aliphatic heterocycles. The monoisotopic (exact) mass is 313 g/mol. The van der Waals surface area contributed by atoms with Gasteiger partial charge in [-0.2, -0.15) is 15.2 Å². The minimum Gasteiger partial charge on any atom is -0.478 e. The summed E-state index contributed by atoms with van der Waals surface area (Å²) < 4.78 is 11.1. The van der Waals surface area contributed by atoms with Crippen molar-refractivity contribution in [3.05, 3.63) is 11.6 Å². The number of aromatic nitrogens is 2. The van der Waals surface area contributed by atoms with E-state index in [1.807, 2.05) is 27.7 Å².